The van der Waals surface area contributed by atoms with Crippen molar-refractivity contribution in [2.45, 2.75) is 30.5 Å². The van der Waals surface area contributed by atoms with E-state index in [-0.39, 0.29) is 0 Å². The second kappa shape index (κ2) is 5.87. The van der Waals surface area contributed by atoms with Gasteiger partial charge in [0.05, 0.1) is 6.54 Å². The fourth-order valence-corrected chi connectivity index (χ4v) is 5.12. The minimum atomic E-state index is -3.42. The number of thioether (sulfide) groups is 1. The van der Waals surface area contributed by atoms with Crippen molar-refractivity contribution in [3.05, 3.63) is 17.6 Å². The van der Waals surface area contributed by atoms with Crippen molar-refractivity contribution in [3.8, 4) is 0 Å². The van der Waals surface area contributed by atoms with Crippen LogP contribution in [-0.2, 0) is 16.6 Å². The highest BCUT2D eigenvalue weighted by molar-refractivity contribution is 8.00. The van der Waals surface area contributed by atoms with Gasteiger partial charge in [-0.25, -0.2) is 8.42 Å². The van der Waals surface area contributed by atoms with Crippen LogP contribution in [-0.4, -0.2) is 43.9 Å². The maximum Gasteiger partial charge on any atom is 0.246 e. The first-order valence-corrected chi connectivity index (χ1v) is 8.79. The molecule has 2 rings (SSSR count). The topological polar surface area (TPSA) is 62.6 Å². The molecule has 108 valence electrons. The first kappa shape index (κ1) is 14.9. The van der Waals surface area contributed by atoms with Crippen LogP contribution < -0.4 is 5.32 Å². The van der Waals surface area contributed by atoms with Gasteiger partial charge in [0.15, 0.2) is 0 Å². The fraction of sp³-hybridized carbons (Fsp3) is 0.667. The van der Waals surface area contributed by atoms with Gasteiger partial charge in [-0.2, -0.15) is 16.1 Å². The molecule has 1 saturated heterocycles. The fourth-order valence-electron chi connectivity index (χ4n) is 2.19. The van der Waals surface area contributed by atoms with E-state index in [1.54, 1.807) is 24.3 Å². The Morgan fingerprint density at radius 1 is 1.58 bits per heavy atom. The molecule has 0 spiro atoms. The molecule has 0 aromatic carbocycles. The van der Waals surface area contributed by atoms with Crippen LogP contribution in [0.3, 0.4) is 0 Å². The predicted octanol–water partition coefficient (Wildman–Crippen LogP) is 1.43. The highest BCUT2D eigenvalue weighted by Gasteiger charge is 2.31. The van der Waals surface area contributed by atoms with Gasteiger partial charge in [0.25, 0.3) is 0 Å². The lowest BCUT2D eigenvalue weighted by atomic mass is 10.4. The Hall–Kier alpha value is -0.500. The predicted molar refractivity (Wildman–Crippen MR) is 76.9 cm³/mol. The number of hydrogen-bond donors (Lipinski definition) is 1. The molecule has 1 unspecified atom stereocenters. The van der Waals surface area contributed by atoms with Crippen molar-refractivity contribution in [2.24, 2.45) is 0 Å². The molecular weight excluding hydrogens is 284 g/mol. The molecule has 1 aromatic rings. The zero-order chi connectivity index (χ0) is 14.0. The van der Waals surface area contributed by atoms with E-state index in [1.165, 1.54) is 0 Å². The van der Waals surface area contributed by atoms with E-state index in [2.05, 4.69) is 12.2 Å². The third-order valence-corrected chi connectivity index (χ3v) is 6.20. The van der Waals surface area contributed by atoms with Gasteiger partial charge in [-0.05, 0) is 14.0 Å². The molecule has 1 aliphatic rings. The molecule has 0 aliphatic carbocycles. The van der Waals surface area contributed by atoms with Gasteiger partial charge in [-0.3, -0.25) is 0 Å². The van der Waals surface area contributed by atoms with Crippen molar-refractivity contribution in [2.75, 3.05) is 25.9 Å². The van der Waals surface area contributed by atoms with Crippen LogP contribution in [0.1, 0.15) is 18.4 Å². The number of furan rings is 1. The Kier molecular flexibility index (Phi) is 4.60. The quantitative estimate of drug-likeness (QED) is 0.912. The monoisotopic (exact) mass is 304 g/mol. The van der Waals surface area contributed by atoms with Gasteiger partial charge in [-0.15, -0.1) is 0 Å². The largest absolute Gasteiger partial charge is 0.464 e. The lowest BCUT2D eigenvalue weighted by molar-refractivity contribution is 0.420. The summed E-state index contributed by atoms with van der Waals surface area (Å²) < 4.78 is 32.3. The van der Waals surface area contributed by atoms with E-state index in [0.717, 1.165) is 5.75 Å². The molecule has 5 nitrogen and oxygen atoms in total. The smallest absolute Gasteiger partial charge is 0.246 e. The van der Waals surface area contributed by atoms with Crippen LogP contribution in [0.5, 0.6) is 0 Å². The summed E-state index contributed by atoms with van der Waals surface area (Å²) in [6.07, 6.45) is 0. The number of nitrogens with zero attached hydrogens (tertiary/aromatic N) is 1. The number of aryl methyl sites for hydroxylation is 1. The first-order valence-electron chi connectivity index (χ1n) is 6.31. The molecule has 0 amide bonds. The zero-order valence-corrected chi connectivity index (χ0v) is 13.1. The second-order valence-corrected chi connectivity index (χ2v) is 8.16. The van der Waals surface area contributed by atoms with Crippen LogP contribution in [0.15, 0.2) is 15.4 Å². The number of sulfonamides is 1. The second-order valence-electron chi connectivity index (χ2n) is 4.71. The summed E-state index contributed by atoms with van der Waals surface area (Å²) in [6, 6.07) is 1.63. The van der Waals surface area contributed by atoms with Crippen molar-refractivity contribution >= 4 is 21.8 Å². The van der Waals surface area contributed by atoms with Crippen molar-refractivity contribution in [1.82, 2.24) is 9.62 Å². The zero-order valence-electron chi connectivity index (χ0n) is 11.5. The normalized spacial score (nSPS) is 21.7. The van der Waals surface area contributed by atoms with E-state index in [0.29, 0.717) is 41.3 Å². The Labute approximate surface area is 118 Å². The Morgan fingerprint density at radius 2 is 2.32 bits per heavy atom. The third kappa shape index (κ3) is 3.16. The molecular formula is C12H20N2O3S2. The molecule has 1 N–H and O–H groups in total. The summed E-state index contributed by atoms with van der Waals surface area (Å²) in [5, 5.41) is 3.30. The minimum absolute atomic E-state index is 0.303. The van der Waals surface area contributed by atoms with Gasteiger partial charge in [0, 0.05) is 30.2 Å². The SMILES string of the molecule is CNCc1cc(S(=O)(=O)N2CCSC(C)C2)c(C)o1. The molecule has 0 bridgehead atoms. The van der Waals surface area contributed by atoms with Crippen LogP contribution in [0.2, 0.25) is 0 Å². The highest BCUT2D eigenvalue weighted by atomic mass is 32.2. The van der Waals surface area contributed by atoms with Crippen LogP contribution in [0, 0.1) is 6.92 Å². The van der Waals surface area contributed by atoms with Gasteiger partial charge in [0.1, 0.15) is 16.4 Å². The van der Waals surface area contributed by atoms with E-state index < -0.39 is 10.0 Å². The molecule has 1 aliphatic heterocycles. The maximum absolute atomic E-state index is 12.6. The Morgan fingerprint density at radius 3 is 2.95 bits per heavy atom. The number of hydrogen-bond acceptors (Lipinski definition) is 5. The minimum Gasteiger partial charge on any atom is -0.464 e. The van der Waals surface area contributed by atoms with E-state index in [4.69, 9.17) is 4.42 Å². The summed E-state index contributed by atoms with van der Waals surface area (Å²) in [6.45, 7) is 5.43. The van der Waals surface area contributed by atoms with Crippen molar-refractivity contribution in [3.63, 3.8) is 0 Å². The molecule has 7 heteroatoms. The highest BCUT2D eigenvalue weighted by Crippen LogP contribution is 2.27. The van der Waals surface area contributed by atoms with Crippen molar-refractivity contribution < 1.29 is 12.8 Å². The molecule has 2 heterocycles. The third-order valence-electron chi connectivity index (χ3n) is 3.10. The first-order chi connectivity index (χ1) is 8.95. The molecule has 1 aromatic heterocycles. The van der Waals surface area contributed by atoms with Gasteiger partial charge in [0.2, 0.25) is 10.0 Å². The molecule has 0 radical (unpaired) electrons. The summed E-state index contributed by atoms with van der Waals surface area (Å²) in [7, 11) is -1.62. The van der Waals surface area contributed by atoms with Gasteiger partial charge in [-0.1, -0.05) is 6.92 Å². The summed E-state index contributed by atoms with van der Waals surface area (Å²) in [4.78, 5) is 0.303. The van der Waals surface area contributed by atoms with E-state index in [1.807, 2.05) is 11.8 Å². The summed E-state index contributed by atoms with van der Waals surface area (Å²) in [5.41, 5.74) is 0. The Bertz CT molecular complexity index is 539. The van der Waals surface area contributed by atoms with Crippen molar-refractivity contribution in [1.29, 1.82) is 0 Å². The van der Waals surface area contributed by atoms with Crippen LogP contribution in [0.4, 0.5) is 0 Å². The molecule has 0 saturated carbocycles. The van der Waals surface area contributed by atoms with Crippen LogP contribution in [0.25, 0.3) is 0 Å². The lowest BCUT2D eigenvalue weighted by Gasteiger charge is -2.29. The van der Waals surface area contributed by atoms with E-state index in [9.17, 15) is 8.42 Å². The standard InChI is InChI=1S/C12H20N2O3S2/c1-9-8-14(4-5-18-9)19(15,16)12-6-11(7-13-3)17-10(12)2/h6,9,13H,4-5,7-8H2,1-3H3. The summed E-state index contributed by atoms with van der Waals surface area (Å²) in [5.74, 6) is 1.97. The molecule has 19 heavy (non-hydrogen) atoms. The van der Waals surface area contributed by atoms with Gasteiger partial charge >= 0.3 is 0 Å². The lowest BCUT2D eigenvalue weighted by Crippen LogP contribution is -2.41. The van der Waals surface area contributed by atoms with Gasteiger partial charge < -0.3 is 9.73 Å². The average Bonchev–Trinajstić information content (AvgIpc) is 2.71. The average molecular weight is 304 g/mol. The Balaban J connectivity index is 2.28. The molecule has 1 atom stereocenters. The number of nitrogens with one attached hydrogen (secondary N) is 1. The maximum atomic E-state index is 12.6. The number of rotatable bonds is 4. The van der Waals surface area contributed by atoms with Crippen LogP contribution >= 0.6 is 11.8 Å². The molecule has 1 fully saturated rings. The van der Waals surface area contributed by atoms with E-state index >= 15 is 0 Å². The summed E-state index contributed by atoms with van der Waals surface area (Å²) >= 11 is 1.81.